The quantitative estimate of drug-likeness (QED) is 0.451. The molecule has 0 radical (unpaired) electrons. The van der Waals surface area contributed by atoms with Gasteiger partial charge in [0.1, 0.15) is 6.04 Å². The topological polar surface area (TPSA) is 66.7 Å². The van der Waals surface area contributed by atoms with Gasteiger partial charge < -0.3 is 10.2 Å². The predicted octanol–water partition coefficient (Wildman–Crippen LogP) is 4.00. The Morgan fingerprint density at radius 2 is 1.80 bits per heavy atom. The van der Waals surface area contributed by atoms with Crippen molar-refractivity contribution in [3.8, 4) is 0 Å². The van der Waals surface area contributed by atoms with Crippen LogP contribution in [0.25, 0.3) is 6.08 Å². The molecule has 35 heavy (non-hydrogen) atoms. The lowest BCUT2D eigenvalue weighted by atomic mass is 10.0. The van der Waals surface area contributed by atoms with Crippen LogP contribution in [0, 0.1) is 0 Å². The van der Waals surface area contributed by atoms with Crippen molar-refractivity contribution in [1.82, 2.24) is 4.57 Å². The van der Waals surface area contributed by atoms with E-state index in [9.17, 15) is 9.59 Å². The van der Waals surface area contributed by atoms with E-state index in [-0.39, 0.29) is 11.5 Å². The maximum atomic E-state index is 13.7. The van der Waals surface area contributed by atoms with Crippen LogP contribution in [0.15, 0.2) is 93.2 Å². The number of hydrogen-bond acceptors (Lipinski definition) is 6. The summed E-state index contributed by atoms with van der Waals surface area (Å²) in [5, 5.41) is 4.93. The van der Waals surface area contributed by atoms with Crippen LogP contribution in [0.2, 0.25) is 0 Å². The number of rotatable bonds is 5. The van der Waals surface area contributed by atoms with E-state index in [1.54, 1.807) is 4.57 Å². The molecule has 1 unspecified atom stereocenters. The van der Waals surface area contributed by atoms with Gasteiger partial charge in [0.15, 0.2) is 4.80 Å². The van der Waals surface area contributed by atoms with Crippen molar-refractivity contribution in [2.75, 3.05) is 24.3 Å². The molecule has 3 heterocycles. The average molecular weight is 501 g/mol. The highest BCUT2D eigenvalue weighted by atomic mass is 32.1. The second-order valence-electron chi connectivity index (χ2n) is 8.40. The second-order valence-corrected chi connectivity index (χ2v) is 10.4. The van der Waals surface area contributed by atoms with Gasteiger partial charge in [-0.2, -0.15) is 0 Å². The first-order valence-corrected chi connectivity index (χ1v) is 12.8. The Morgan fingerprint density at radius 3 is 2.46 bits per heavy atom. The van der Waals surface area contributed by atoms with Gasteiger partial charge in [-0.25, -0.2) is 4.99 Å². The van der Waals surface area contributed by atoms with E-state index >= 15 is 0 Å². The fourth-order valence-corrected chi connectivity index (χ4v) is 5.94. The van der Waals surface area contributed by atoms with Gasteiger partial charge in [-0.05, 0) is 54.3 Å². The van der Waals surface area contributed by atoms with Gasteiger partial charge in [-0.3, -0.25) is 14.2 Å². The number of thiazole rings is 1. The monoisotopic (exact) mass is 500 g/mol. The van der Waals surface area contributed by atoms with E-state index in [1.807, 2.05) is 104 Å². The zero-order valence-electron chi connectivity index (χ0n) is 19.6. The molecule has 0 saturated carbocycles. The third-order valence-corrected chi connectivity index (χ3v) is 7.73. The van der Waals surface area contributed by atoms with E-state index in [4.69, 9.17) is 0 Å². The lowest BCUT2D eigenvalue weighted by Crippen LogP contribution is -2.40. The molecule has 8 heteroatoms. The molecule has 1 atom stereocenters. The first-order chi connectivity index (χ1) is 16.9. The molecule has 0 saturated heterocycles. The summed E-state index contributed by atoms with van der Waals surface area (Å²) in [6, 6.07) is 20.7. The first kappa shape index (κ1) is 23.0. The highest BCUT2D eigenvalue weighted by molar-refractivity contribution is 7.10. The smallest absolute Gasteiger partial charge is 0.271 e. The Labute approximate surface area is 210 Å². The number of hydrogen-bond donors (Lipinski definition) is 1. The van der Waals surface area contributed by atoms with Crippen molar-refractivity contribution < 1.29 is 4.79 Å². The second kappa shape index (κ2) is 9.48. The lowest BCUT2D eigenvalue weighted by molar-refractivity contribution is -0.113. The van der Waals surface area contributed by atoms with Crippen molar-refractivity contribution in [3.63, 3.8) is 0 Å². The van der Waals surface area contributed by atoms with Crippen LogP contribution >= 0.6 is 22.7 Å². The van der Waals surface area contributed by atoms with E-state index in [2.05, 4.69) is 10.3 Å². The third kappa shape index (κ3) is 4.50. The summed E-state index contributed by atoms with van der Waals surface area (Å²) in [6.07, 6.45) is 1.89. The fourth-order valence-electron chi connectivity index (χ4n) is 4.07. The molecule has 1 aliphatic rings. The van der Waals surface area contributed by atoms with Gasteiger partial charge in [-0.15, -0.1) is 11.3 Å². The Balaban J connectivity index is 1.61. The molecular weight excluding hydrogens is 476 g/mol. The van der Waals surface area contributed by atoms with Gasteiger partial charge in [-0.1, -0.05) is 47.7 Å². The van der Waals surface area contributed by atoms with Crippen molar-refractivity contribution in [3.05, 3.63) is 114 Å². The van der Waals surface area contributed by atoms with Gasteiger partial charge in [0.2, 0.25) is 0 Å². The number of nitrogens with zero attached hydrogens (tertiary/aromatic N) is 3. The van der Waals surface area contributed by atoms with Crippen LogP contribution in [0.5, 0.6) is 0 Å². The highest BCUT2D eigenvalue weighted by Crippen LogP contribution is 2.33. The summed E-state index contributed by atoms with van der Waals surface area (Å²) in [5.74, 6) is -0.260. The van der Waals surface area contributed by atoms with Gasteiger partial charge in [0.05, 0.1) is 15.8 Å². The molecule has 176 valence electrons. The fraction of sp³-hybridized carbons (Fsp3) is 0.148. The van der Waals surface area contributed by atoms with Crippen LogP contribution in [0.1, 0.15) is 23.4 Å². The maximum Gasteiger partial charge on any atom is 0.271 e. The number of fused-ring (bicyclic) bond motifs is 1. The lowest BCUT2D eigenvalue weighted by Gasteiger charge is -2.24. The van der Waals surface area contributed by atoms with Gasteiger partial charge in [0, 0.05) is 30.3 Å². The van der Waals surface area contributed by atoms with Gasteiger partial charge >= 0.3 is 0 Å². The number of nitrogens with one attached hydrogen (secondary N) is 1. The van der Waals surface area contributed by atoms with Crippen LogP contribution in [0.4, 0.5) is 11.4 Å². The van der Waals surface area contributed by atoms with Crippen LogP contribution in [-0.4, -0.2) is 24.6 Å². The third-order valence-electron chi connectivity index (χ3n) is 5.82. The Hall–Kier alpha value is -3.75. The average Bonchev–Trinajstić information content (AvgIpc) is 3.48. The molecule has 0 spiro atoms. The van der Waals surface area contributed by atoms with Crippen LogP contribution in [-0.2, 0) is 4.79 Å². The number of amides is 1. The largest absolute Gasteiger partial charge is 0.378 e. The summed E-state index contributed by atoms with van der Waals surface area (Å²) in [4.78, 5) is 35.3. The molecule has 5 rings (SSSR count). The Morgan fingerprint density at radius 1 is 1.06 bits per heavy atom. The van der Waals surface area contributed by atoms with E-state index < -0.39 is 6.04 Å². The maximum absolute atomic E-state index is 13.7. The molecular formula is C27H24N4O2S2. The standard InChI is InChI=1S/C27H24N4O2S2/c1-17-23(25(32)29-19-8-5-4-6-9-19)24(21-10-7-15-34-21)31-26(33)22(35-27(31)28-17)16-18-11-13-20(14-12-18)30(2)3/h4-16,24H,1-3H3,(H,29,32)/b22-16-. The first-order valence-electron chi connectivity index (χ1n) is 11.1. The predicted molar refractivity (Wildman–Crippen MR) is 144 cm³/mol. The summed E-state index contributed by atoms with van der Waals surface area (Å²) >= 11 is 2.87. The van der Waals surface area contributed by atoms with Crippen molar-refractivity contribution in [2.24, 2.45) is 4.99 Å². The molecule has 1 aliphatic heterocycles. The zero-order valence-corrected chi connectivity index (χ0v) is 21.2. The van der Waals surface area contributed by atoms with Crippen molar-refractivity contribution in [1.29, 1.82) is 0 Å². The van der Waals surface area contributed by atoms with E-state index in [0.29, 0.717) is 26.3 Å². The normalized spacial score (nSPS) is 15.5. The number of aromatic nitrogens is 1. The molecule has 1 amide bonds. The van der Waals surface area contributed by atoms with Crippen molar-refractivity contribution in [2.45, 2.75) is 13.0 Å². The molecule has 0 aliphatic carbocycles. The Bertz CT molecular complexity index is 1580. The molecule has 1 N–H and O–H groups in total. The van der Waals surface area contributed by atoms with Gasteiger partial charge in [0.25, 0.3) is 11.5 Å². The number of carbonyl (C=O) groups is 1. The van der Waals surface area contributed by atoms with E-state index in [1.165, 1.54) is 22.7 Å². The molecule has 4 aromatic rings. The van der Waals surface area contributed by atoms with Crippen LogP contribution in [0.3, 0.4) is 0 Å². The summed E-state index contributed by atoms with van der Waals surface area (Å²) in [5.41, 5.74) is 3.66. The molecule has 6 nitrogen and oxygen atoms in total. The zero-order chi connectivity index (χ0) is 24.5. The van der Waals surface area contributed by atoms with Crippen LogP contribution < -0.4 is 25.1 Å². The number of para-hydroxylation sites is 1. The number of anilines is 2. The van der Waals surface area contributed by atoms with Crippen molar-refractivity contribution >= 4 is 46.0 Å². The number of benzene rings is 2. The number of allylic oxidation sites excluding steroid dienone is 1. The number of carbonyl (C=O) groups excluding carboxylic acids is 1. The number of thiophene rings is 1. The van der Waals surface area contributed by atoms with E-state index in [0.717, 1.165) is 16.1 Å². The minimum atomic E-state index is -0.534. The summed E-state index contributed by atoms with van der Waals surface area (Å²) in [7, 11) is 3.98. The summed E-state index contributed by atoms with van der Waals surface area (Å²) in [6.45, 7) is 1.83. The molecule has 2 aromatic carbocycles. The minimum absolute atomic E-state index is 0.152. The molecule has 2 aromatic heterocycles. The SMILES string of the molecule is CC1=C(C(=O)Nc2ccccc2)C(c2cccs2)n2c(s/c(=C\c3ccc(N(C)C)cc3)c2=O)=N1. The highest BCUT2D eigenvalue weighted by Gasteiger charge is 2.33. The molecule has 0 bridgehead atoms. The Kier molecular flexibility index (Phi) is 6.23. The minimum Gasteiger partial charge on any atom is -0.378 e. The molecule has 0 fully saturated rings. The summed E-state index contributed by atoms with van der Waals surface area (Å²) < 4.78 is 2.24.